The van der Waals surface area contributed by atoms with Crippen LogP contribution in [-0.2, 0) is 4.74 Å². The molecular formula is C13H15F2NO3. The predicted molar refractivity (Wildman–Crippen MR) is 66.2 cm³/mol. The van der Waals surface area contributed by atoms with Crippen LogP contribution in [0.25, 0.3) is 0 Å². The van der Waals surface area contributed by atoms with Crippen molar-refractivity contribution in [2.24, 2.45) is 0 Å². The number of rotatable bonds is 2. The molecule has 6 heteroatoms. The molecule has 1 amide bonds. The fourth-order valence-corrected chi connectivity index (χ4v) is 1.30. The van der Waals surface area contributed by atoms with E-state index in [0.29, 0.717) is 0 Å². The first kappa shape index (κ1) is 15.1. The summed E-state index contributed by atoms with van der Waals surface area (Å²) >= 11 is 0. The van der Waals surface area contributed by atoms with Crippen molar-refractivity contribution < 1.29 is 23.1 Å². The van der Waals surface area contributed by atoms with Gasteiger partial charge in [0.2, 0.25) is 0 Å². The van der Waals surface area contributed by atoms with E-state index in [2.05, 4.69) is 0 Å². The Bertz CT molecular complexity index is 498. The van der Waals surface area contributed by atoms with Crippen LogP contribution < -0.4 is 5.32 Å². The van der Waals surface area contributed by atoms with Crippen LogP contribution in [0.1, 0.15) is 38.1 Å². The molecule has 0 fully saturated rings. The van der Waals surface area contributed by atoms with Gasteiger partial charge in [0.15, 0.2) is 17.4 Å². The molecule has 0 atom stereocenters. The van der Waals surface area contributed by atoms with Gasteiger partial charge in [0.25, 0.3) is 0 Å². The quantitative estimate of drug-likeness (QED) is 0.837. The number of nitrogens with one attached hydrogen (secondary N) is 1. The molecule has 0 saturated carbocycles. The molecule has 19 heavy (non-hydrogen) atoms. The zero-order chi connectivity index (χ0) is 14.8. The van der Waals surface area contributed by atoms with Gasteiger partial charge in [-0.1, -0.05) is 0 Å². The molecule has 0 aliphatic carbocycles. The number of amides is 1. The van der Waals surface area contributed by atoms with Gasteiger partial charge in [0, 0.05) is 5.56 Å². The van der Waals surface area contributed by atoms with E-state index in [-0.39, 0.29) is 5.56 Å². The Labute approximate surface area is 109 Å². The average Bonchev–Trinajstić information content (AvgIpc) is 2.20. The monoisotopic (exact) mass is 271 g/mol. The van der Waals surface area contributed by atoms with E-state index in [0.717, 1.165) is 12.1 Å². The van der Waals surface area contributed by atoms with Crippen LogP contribution in [-0.4, -0.2) is 17.5 Å². The fourth-order valence-electron chi connectivity index (χ4n) is 1.30. The maximum atomic E-state index is 13.6. The van der Waals surface area contributed by atoms with Gasteiger partial charge in [-0.15, -0.1) is 0 Å². The Morgan fingerprint density at radius 1 is 1.16 bits per heavy atom. The molecule has 0 radical (unpaired) electrons. The Morgan fingerprint density at radius 2 is 1.63 bits per heavy atom. The molecule has 0 spiro atoms. The molecule has 4 nitrogen and oxygen atoms in total. The molecule has 104 valence electrons. The average molecular weight is 271 g/mol. The van der Waals surface area contributed by atoms with Gasteiger partial charge in [-0.3, -0.25) is 10.1 Å². The molecule has 0 bridgehead atoms. The van der Waals surface area contributed by atoms with Crippen LogP contribution in [0.5, 0.6) is 0 Å². The molecule has 0 aromatic heterocycles. The number of ether oxygens (including phenoxy) is 1. The van der Waals surface area contributed by atoms with Crippen LogP contribution in [0.15, 0.2) is 12.1 Å². The van der Waals surface area contributed by atoms with Crippen molar-refractivity contribution >= 4 is 17.6 Å². The summed E-state index contributed by atoms with van der Waals surface area (Å²) in [4.78, 5) is 22.4. The minimum absolute atomic E-state index is 0.107. The molecule has 1 aromatic carbocycles. The van der Waals surface area contributed by atoms with Crippen LogP contribution >= 0.6 is 0 Å². The highest BCUT2D eigenvalue weighted by Crippen LogP contribution is 2.22. The topological polar surface area (TPSA) is 55.4 Å². The normalized spacial score (nSPS) is 11.1. The maximum Gasteiger partial charge on any atom is 0.412 e. The van der Waals surface area contributed by atoms with Crippen molar-refractivity contribution in [3.05, 3.63) is 29.3 Å². The molecule has 1 aromatic rings. The second kappa shape index (κ2) is 5.34. The second-order valence-corrected chi connectivity index (χ2v) is 5.00. The Balaban J connectivity index is 2.97. The van der Waals surface area contributed by atoms with Crippen LogP contribution in [0.2, 0.25) is 0 Å². The molecule has 0 saturated heterocycles. The number of hydrogen-bond acceptors (Lipinski definition) is 3. The third-order valence-electron chi connectivity index (χ3n) is 2.07. The molecule has 0 heterocycles. The standard InChI is InChI=1S/C13H15F2NO3/c1-7(17)8-5-9(14)11(10(15)6-8)16-12(18)19-13(2,3)4/h5-6H,1-4H3,(H,16,18). The number of Topliss-reactive ketones (excluding diaryl/α,β-unsaturated/α-hetero) is 1. The summed E-state index contributed by atoms with van der Waals surface area (Å²) in [5.74, 6) is -2.53. The minimum atomic E-state index is -1.03. The molecular weight excluding hydrogens is 256 g/mol. The zero-order valence-electron chi connectivity index (χ0n) is 11.1. The van der Waals surface area contributed by atoms with Crippen molar-refractivity contribution in [1.29, 1.82) is 0 Å². The molecule has 1 rings (SSSR count). The van der Waals surface area contributed by atoms with Crippen molar-refractivity contribution in [3.8, 4) is 0 Å². The lowest BCUT2D eigenvalue weighted by Crippen LogP contribution is -2.27. The molecule has 0 aliphatic heterocycles. The predicted octanol–water partition coefficient (Wildman–Crippen LogP) is 3.51. The fraction of sp³-hybridized carbons (Fsp3) is 0.385. The van der Waals surface area contributed by atoms with E-state index in [4.69, 9.17) is 4.74 Å². The molecule has 0 aliphatic rings. The minimum Gasteiger partial charge on any atom is -0.444 e. The lowest BCUT2D eigenvalue weighted by atomic mass is 10.1. The van der Waals surface area contributed by atoms with Crippen molar-refractivity contribution in [3.63, 3.8) is 0 Å². The van der Waals surface area contributed by atoms with E-state index >= 15 is 0 Å². The van der Waals surface area contributed by atoms with E-state index in [1.54, 1.807) is 20.8 Å². The van der Waals surface area contributed by atoms with Gasteiger partial charge in [-0.25, -0.2) is 13.6 Å². The number of benzene rings is 1. The lowest BCUT2D eigenvalue weighted by molar-refractivity contribution is 0.0634. The van der Waals surface area contributed by atoms with Gasteiger partial charge < -0.3 is 4.74 Å². The van der Waals surface area contributed by atoms with E-state index < -0.39 is 34.8 Å². The summed E-state index contributed by atoms with van der Waals surface area (Å²) in [6, 6.07) is 1.72. The number of halogens is 2. The van der Waals surface area contributed by atoms with Gasteiger partial charge in [-0.2, -0.15) is 0 Å². The summed E-state index contributed by atoms with van der Waals surface area (Å²) in [5, 5.41) is 1.98. The summed E-state index contributed by atoms with van der Waals surface area (Å²) < 4.78 is 32.1. The zero-order valence-corrected chi connectivity index (χ0v) is 11.1. The first-order chi connectivity index (χ1) is 8.60. The number of carbonyl (C=O) groups excluding carboxylic acids is 2. The molecule has 0 unspecified atom stereocenters. The largest absolute Gasteiger partial charge is 0.444 e. The smallest absolute Gasteiger partial charge is 0.412 e. The third-order valence-corrected chi connectivity index (χ3v) is 2.07. The van der Waals surface area contributed by atoms with Gasteiger partial charge in [0.1, 0.15) is 11.3 Å². The van der Waals surface area contributed by atoms with Crippen LogP contribution in [0.3, 0.4) is 0 Å². The van der Waals surface area contributed by atoms with Crippen molar-refractivity contribution in [2.75, 3.05) is 5.32 Å². The molecule has 1 N–H and O–H groups in total. The highest BCUT2D eigenvalue weighted by molar-refractivity contribution is 5.95. The number of anilines is 1. The number of ketones is 1. The van der Waals surface area contributed by atoms with Crippen LogP contribution in [0, 0.1) is 11.6 Å². The third kappa shape index (κ3) is 4.31. The second-order valence-electron chi connectivity index (χ2n) is 5.00. The Kier molecular flexibility index (Phi) is 4.24. The number of carbonyl (C=O) groups is 2. The van der Waals surface area contributed by atoms with Gasteiger partial charge >= 0.3 is 6.09 Å². The van der Waals surface area contributed by atoms with Crippen molar-refractivity contribution in [2.45, 2.75) is 33.3 Å². The van der Waals surface area contributed by atoms with E-state index in [1.165, 1.54) is 6.92 Å². The maximum absolute atomic E-state index is 13.6. The summed E-state index contributed by atoms with van der Waals surface area (Å²) in [6.07, 6.45) is -0.971. The Hall–Kier alpha value is -1.98. The lowest BCUT2D eigenvalue weighted by Gasteiger charge is -2.20. The first-order valence-corrected chi connectivity index (χ1v) is 5.60. The van der Waals surface area contributed by atoms with E-state index in [1.807, 2.05) is 5.32 Å². The van der Waals surface area contributed by atoms with E-state index in [9.17, 15) is 18.4 Å². The van der Waals surface area contributed by atoms with Gasteiger partial charge in [0.05, 0.1) is 0 Å². The SMILES string of the molecule is CC(=O)c1cc(F)c(NC(=O)OC(C)(C)C)c(F)c1. The van der Waals surface area contributed by atoms with Crippen molar-refractivity contribution in [1.82, 2.24) is 0 Å². The summed E-state index contributed by atoms with van der Waals surface area (Å²) in [6.45, 7) is 6.06. The summed E-state index contributed by atoms with van der Waals surface area (Å²) in [5.41, 5.74) is -1.53. The highest BCUT2D eigenvalue weighted by Gasteiger charge is 2.20. The summed E-state index contributed by atoms with van der Waals surface area (Å²) in [7, 11) is 0. The van der Waals surface area contributed by atoms with Gasteiger partial charge in [-0.05, 0) is 39.8 Å². The van der Waals surface area contributed by atoms with Crippen LogP contribution in [0.4, 0.5) is 19.3 Å². The highest BCUT2D eigenvalue weighted by atomic mass is 19.1. The Morgan fingerprint density at radius 3 is 2.00 bits per heavy atom. The first-order valence-electron chi connectivity index (χ1n) is 5.60. The number of hydrogen-bond donors (Lipinski definition) is 1.